The number of benzene rings is 4. The van der Waals surface area contributed by atoms with E-state index in [-0.39, 0.29) is 0 Å². The van der Waals surface area contributed by atoms with Crippen molar-refractivity contribution in [3.63, 3.8) is 0 Å². The molecule has 0 unspecified atom stereocenters. The molecule has 1 aliphatic carbocycles. The van der Waals surface area contributed by atoms with Crippen molar-refractivity contribution in [1.82, 2.24) is 0 Å². The van der Waals surface area contributed by atoms with Crippen molar-refractivity contribution in [3.05, 3.63) is 132 Å². The normalized spacial score (nSPS) is 12.2. The summed E-state index contributed by atoms with van der Waals surface area (Å²) in [5, 5.41) is 5.13. The highest BCUT2D eigenvalue weighted by Gasteiger charge is 2.42. The van der Waals surface area contributed by atoms with Gasteiger partial charge in [-0.25, -0.2) is 0 Å². The van der Waals surface area contributed by atoms with Crippen LogP contribution in [0.15, 0.2) is 109 Å². The van der Waals surface area contributed by atoms with Gasteiger partial charge in [-0.3, -0.25) is 0 Å². The summed E-state index contributed by atoms with van der Waals surface area (Å²) in [6.07, 6.45) is 0. The number of rotatable bonds is 1. The molecule has 0 aliphatic heterocycles. The maximum absolute atomic E-state index is 2.27. The summed E-state index contributed by atoms with van der Waals surface area (Å²) in [6.45, 7) is 0. The molecule has 0 spiro atoms. The Hall–Kier alpha value is -3.64. The third kappa shape index (κ3) is 2.12. The monoisotopic (exact) mass is 354 g/mol. The SMILES string of the molecule is c1ccc2c(c1)-c1ccccc1[C+]2[c+]1c2ccccc2ccc2ccccc21. The lowest BCUT2D eigenvalue weighted by atomic mass is 9.85. The molecule has 0 N–H and O–H groups in total. The first kappa shape index (κ1) is 15.4. The number of hydrogen-bond acceptors (Lipinski definition) is 0. The first-order valence-electron chi connectivity index (χ1n) is 9.72. The molecule has 0 saturated heterocycles. The largest absolute Gasteiger partial charge is 0.138 e. The molecule has 5 aromatic carbocycles. The number of fused-ring (bicyclic) bond motifs is 5. The fourth-order valence-corrected chi connectivity index (χ4v) is 4.62. The predicted molar refractivity (Wildman–Crippen MR) is 118 cm³/mol. The molecule has 0 nitrogen and oxygen atoms in total. The number of hydrogen-bond donors (Lipinski definition) is 0. The van der Waals surface area contributed by atoms with Gasteiger partial charge in [0.2, 0.25) is 0 Å². The van der Waals surface area contributed by atoms with Gasteiger partial charge in [0.25, 0.3) is 0 Å². The molecule has 5 aromatic rings. The van der Waals surface area contributed by atoms with E-state index >= 15 is 0 Å². The van der Waals surface area contributed by atoms with Crippen LogP contribution in [0.5, 0.6) is 0 Å². The van der Waals surface area contributed by atoms with Crippen LogP contribution >= 0.6 is 0 Å². The summed E-state index contributed by atoms with van der Waals surface area (Å²) in [7, 11) is 0. The van der Waals surface area contributed by atoms with E-state index in [2.05, 4.69) is 109 Å². The maximum atomic E-state index is 2.27. The molecule has 6 rings (SSSR count). The van der Waals surface area contributed by atoms with Gasteiger partial charge >= 0.3 is 0 Å². The van der Waals surface area contributed by atoms with Crippen LogP contribution in [-0.2, 0) is 0 Å². The topological polar surface area (TPSA) is 0 Å². The summed E-state index contributed by atoms with van der Waals surface area (Å²) >= 11 is 0. The smallest absolute Gasteiger partial charge is 0.0495 e. The lowest BCUT2D eigenvalue weighted by Crippen LogP contribution is -2.01. The molecule has 0 fully saturated rings. The summed E-state index contributed by atoms with van der Waals surface area (Å²) in [6, 6.07) is 39.6. The molecule has 0 saturated carbocycles. The highest BCUT2D eigenvalue weighted by molar-refractivity contribution is 6.04. The highest BCUT2D eigenvalue weighted by atomic mass is 14.3. The van der Waals surface area contributed by atoms with Crippen LogP contribution in [0.4, 0.5) is 0 Å². The minimum atomic E-state index is 1.27. The first-order valence-corrected chi connectivity index (χ1v) is 9.72. The van der Waals surface area contributed by atoms with Crippen LogP contribution in [0, 0.1) is 5.92 Å². The molecular weight excluding hydrogens is 336 g/mol. The van der Waals surface area contributed by atoms with Gasteiger partial charge in [0.15, 0.2) is 0 Å². The van der Waals surface area contributed by atoms with Crippen LogP contribution in [0.2, 0.25) is 0 Å². The molecule has 0 atom stereocenters. The van der Waals surface area contributed by atoms with Crippen molar-refractivity contribution in [1.29, 1.82) is 0 Å². The second-order valence-electron chi connectivity index (χ2n) is 7.35. The molecule has 0 heterocycles. The quantitative estimate of drug-likeness (QED) is 0.272. The van der Waals surface area contributed by atoms with Crippen molar-refractivity contribution in [2.45, 2.75) is 0 Å². The van der Waals surface area contributed by atoms with E-state index in [0.29, 0.717) is 0 Å². The van der Waals surface area contributed by atoms with Gasteiger partial charge in [0.1, 0.15) is 33.4 Å². The van der Waals surface area contributed by atoms with Gasteiger partial charge in [0.05, 0.1) is 21.9 Å². The van der Waals surface area contributed by atoms with Crippen molar-refractivity contribution >= 4 is 21.5 Å². The van der Waals surface area contributed by atoms with Gasteiger partial charge in [0, 0.05) is 24.3 Å². The van der Waals surface area contributed by atoms with Crippen LogP contribution in [0.3, 0.4) is 0 Å². The third-order valence-electron chi connectivity index (χ3n) is 5.84. The molecule has 128 valence electrons. The van der Waals surface area contributed by atoms with Crippen molar-refractivity contribution in [2.24, 2.45) is 0 Å². The van der Waals surface area contributed by atoms with Crippen LogP contribution in [-0.4, -0.2) is 0 Å². The van der Waals surface area contributed by atoms with Crippen molar-refractivity contribution < 1.29 is 0 Å². The fraction of sp³-hybridized carbons (Fsp3) is 0. The van der Waals surface area contributed by atoms with Gasteiger partial charge in [-0.1, -0.05) is 0 Å². The van der Waals surface area contributed by atoms with Crippen LogP contribution in [0.25, 0.3) is 32.7 Å². The lowest BCUT2D eigenvalue weighted by Gasteiger charge is -2.06. The van der Waals surface area contributed by atoms with Gasteiger partial charge in [-0.2, -0.15) is 0 Å². The minimum absolute atomic E-state index is 1.27. The third-order valence-corrected chi connectivity index (χ3v) is 5.84. The van der Waals surface area contributed by atoms with Crippen molar-refractivity contribution in [2.75, 3.05) is 0 Å². The van der Waals surface area contributed by atoms with Crippen molar-refractivity contribution in [3.8, 4) is 11.1 Å². The van der Waals surface area contributed by atoms with E-state index in [0.717, 1.165) is 0 Å². The summed E-state index contributed by atoms with van der Waals surface area (Å²) in [5.41, 5.74) is 6.63. The van der Waals surface area contributed by atoms with E-state index in [1.807, 2.05) is 0 Å². The fourth-order valence-electron chi connectivity index (χ4n) is 4.62. The second kappa shape index (κ2) is 5.94. The molecule has 28 heavy (non-hydrogen) atoms. The zero-order valence-electron chi connectivity index (χ0n) is 15.4. The van der Waals surface area contributed by atoms with E-state index in [4.69, 9.17) is 0 Å². The zero-order chi connectivity index (χ0) is 18.5. The summed E-state index contributed by atoms with van der Waals surface area (Å²) < 4.78 is 0. The Morgan fingerprint density at radius 2 is 0.821 bits per heavy atom. The highest BCUT2D eigenvalue weighted by Crippen LogP contribution is 2.49. The summed E-state index contributed by atoms with van der Waals surface area (Å²) in [4.78, 5) is 0. The van der Waals surface area contributed by atoms with Crippen LogP contribution in [0.1, 0.15) is 16.7 Å². The van der Waals surface area contributed by atoms with Gasteiger partial charge in [-0.05, 0) is 84.9 Å². The maximum Gasteiger partial charge on any atom is 0.138 e. The minimum Gasteiger partial charge on any atom is -0.0495 e. The van der Waals surface area contributed by atoms with Crippen LogP contribution < -0.4 is 0 Å². The predicted octanol–water partition coefficient (Wildman–Crippen LogP) is 7.27. The molecule has 1 aliphatic rings. The Morgan fingerprint density at radius 3 is 1.36 bits per heavy atom. The Kier molecular flexibility index (Phi) is 3.27. The average molecular weight is 354 g/mol. The Bertz CT molecular complexity index is 1260. The molecule has 0 heteroatoms. The molecule has 0 radical (unpaired) electrons. The molecule has 0 amide bonds. The second-order valence-corrected chi connectivity index (χ2v) is 7.35. The first-order chi connectivity index (χ1) is 13.9. The molecular formula is C28H18+2. The lowest BCUT2D eigenvalue weighted by molar-refractivity contribution is 1.32. The van der Waals surface area contributed by atoms with Gasteiger partial charge in [-0.15, -0.1) is 0 Å². The molecule has 0 aromatic heterocycles. The summed E-state index contributed by atoms with van der Waals surface area (Å²) in [5.74, 6) is 1.34. The molecule has 0 bridgehead atoms. The Morgan fingerprint density at radius 1 is 0.393 bits per heavy atom. The average Bonchev–Trinajstić information content (AvgIpc) is 2.99. The van der Waals surface area contributed by atoms with E-state index < -0.39 is 0 Å². The van der Waals surface area contributed by atoms with Gasteiger partial charge < -0.3 is 0 Å². The zero-order valence-corrected chi connectivity index (χ0v) is 15.4. The Labute approximate surface area is 164 Å². The van der Waals surface area contributed by atoms with E-state index in [1.54, 1.807) is 0 Å². The van der Waals surface area contributed by atoms with E-state index in [1.165, 1.54) is 55.3 Å². The standard InChI is InChI=1S/C28H18/c1-3-11-21-19(9-1)17-18-20-10-2-4-12-22(20)27(21)28-25-15-7-5-13-23(25)24-14-6-8-16-26(24)28/h1-18H/q+2. The van der Waals surface area contributed by atoms with E-state index in [9.17, 15) is 0 Å². The Balaban J connectivity index is 1.83.